The number of pyridine rings is 1. The van der Waals surface area contributed by atoms with Crippen LogP contribution < -0.4 is 4.74 Å². The van der Waals surface area contributed by atoms with Gasteiger partial charge in [0.25, 0.3) is 0 Å². The number of hydrogen-bond acceptors (Lipinski definition) is 3. The molecule has 3 aromatic carbocycles. The summed E-state index contributed by atoms with van der Waals surface area (Å²) < 4.78 is 11.3. The van der Waals surface area contributed by atoms with Gasteiger partial charge >= 0.3 is 0 Å². The van der Waals surface area contributed by atoms with E-state index in [1.165, 1.54) is 46.0 Å². The van der Waals surface area contributed by atoms with Gasteiger partial charge in [-0.15, -0.1) is 0 Å². The molecule has 0 bridgehead atoms. The monoisotopic (exact) mass is 678 g/mol. The number of ether oxygens (including phenoxy) is 1. The summed E-state index contributed by atoms with van der Waals surface area (Å²) in [7, 11) is 0. The second-order valence-corrected chi connectivity index (χ2v) is 16.3. The van der Waals surface area contributed by atoms with Crippen LogP contribution in [0.15, 0.2) is 90.6 Å². The molecular weight excluding hydrogens is 625 g/mol. The standard InChI is InChI=1S/C46H54N4O/c1-11-32-21-22-47-43(23-32)49-41-18-13-12-15-39(41)40-20-19-35(27-42(40)49)51-36-25-33(46(8,9)10)24-34(26-36)50-31(7)44(30(6)48-50)45-37(28(2)3)16-14-17-38(45)29(4)5/h12-13,15-16,18-29,38,45H,11,14,17H2,1-10H3/t38?,45-/m0/s1. The van der Waals surface area contributed by atoms with Crippen molar-refractivity contribution in [2.75, 3.05) is 0 Å². The molecule has 264 valence electrons. The van der Waals surface area contributed by atoms with Crippen LogP contribution in [0.5, 0.6) is 11.5 Å². The van der Waals surface area contributed by atoms with Gasteiger partial charge in [0, 0.05) is 46.3 Å². The molecule has 7 rings (SSSR count). The maximum absolute atomic E-state index is 6.82. The lowest BCUT2D eigenvalue weighted by Gasteiger charge is -2.37. The molecule has 0 fully saturated rings. The minimum Gasteiger partial charge on any atom is -0.457 e. The first-order chi connectivity index (χ1) is 24.3. The van der Waals surface area contributed by atoms with Gasteiger partial charge in [-0.25, -0.2) is 9.67 Å². The third kappa shape index (κ3) is 6.41. The van der Waals surface area contributed by atoms with E-state index in [-0.39, 0.29) is 5.41 Å². The summed E-state index contributed by atoms with van der Waals surface area (Å²) in [5, 5.41) is 7.64. The lowest BCUT2D eigenvalue weighted by Crippen LogP contribution is -2.26. The van der Waals surface area contributed by atoms with Crippen LogP contribution in [-0.2, 0) is 11.8 Å². The molecule has 1 aliphatic rings. The lowest BCUT2D eigenvalue weighted by atomic mass is 9.67. The SMILES string of the molecule is CCc1ccnc(-n2c3ccccc3c3ccc(Oc4cc(-n5nc(C)c([C@H]6C(C(C)C)=CCCC6C(C)C)c5C)cc(C(C)(C)C)c4)cc32)c1. The fraction of sp³-hybridized carbons (Fsp3) is 0.391. The van der Waals surface area contributed by atoms with Gasteiger partial charge in [0.05, 0.1) is 22.4 Å². The Labute approximate surface area is 304 Å². The Morgan fingerprint density at radius 3 is 2.35 bits per heavy atom. The van der Waals surface area contributed by atoms with Crippen LogP contribution in [0.3, 0.4) is 0 Å². The van der Waals surface area contributed by atoms with Crippen LogP contribution in [-0.4, -0.2) is 19.3 Å². The number of allylic oxidation sites excluding steroid dienone is 2. The fourth-order valence-electron chi connectivity index (χ4n) is 8.43. The van der Waals surface area contributed by atoms with Gasteiger partial charge in [-0.1, -0.05) is 85.2 Å². The summed E-state index contributed by atoms with van der Waals surface area (Å²) in [5.74, 6) is 4.62. The third-order valence-corrected chi connectivity index (χ3v) is 11.2. The van der Waals surface area contributed by atoms with Crippen LogP contribution in [0, 0.1) is 31.6 Å². The minimum atomic E-state index is -0.0843. The smallest absolute Gasteiger partial charge is 0.137 e. The van der Waals surface area contributed by atoms with E-state index < -0.39 is 0 Å². The van der Waals surface area contributed by atoms with Crippen molar-refractivity contribution in [2.45, 2.75) is 99.8 Å². The Morgan fingerprint density at radius 2 is 1.63 bits per heavy atom. The summed E-state index contributed by atoms with van der Waals surface area (Å²) in [6.45, 7) is 22.9. The van der Waals surface area contributed by atoms with Crippen molar-refractivity contribution in [2.24, 2.45) is 17.8 Å². The maximum Gasteiger partial charge on any atom is 0.137 e. The number of para-hydroxylation sites is 1. The van der Waals surface area contributed by atoms with Gasteiger partial charge in [-0.3, -0.25) is 4.57 Å². The Balaban J connectivity index is 1.34. The molecule has 0 N–H and O–H groups in total. The topological polar surface area (TPSA) is 44.9 Å². The van der Waals surface area contributed by atoms with E-state index in [1.54, 1.807) is 5.57 Å². The molecule has 5 nitrogen and oxygen atoms in total. The largest absolute Gasteiger partial charge is 0.457 e. The molecule has 0 saturated heterocycles. The van der Waals surface area contributed by atoms with Crippen LogP contribution in [0.25, 0.3) is 33.3 Å². The number of fused-ring (bicyclic) bond motifs is 3. The molecular formula is C46H54N4O. The molecule has 1 unspecified atom stereocenters. The average molecular weight is 679 g/mol. The quantitative estimate of drug-likeness (QED) is 0.151. The van der Waals surface area contributed by atoms with Gasteiger partial charge in [0.1, 0.15) is 17.3 Å². The van der Waals surface area contributed by atoms with E-state index in [0.29, 0.717) is 23.7 Å². The summed E-state index contributed by atoms with van der Waals surface area (Å²) >= 11 is 0. The first-order valence-electron chi connectivity index (χ1n) is 18.9. The summed E-state index contributed by atoms with van der Waals surface area (Å²) in [6, 6.07) is 25.9. The van der Waals surface area contributed by atoms with E-state index in [9.17, 15) is 0 Å². The zero-order valence-corrected chi connectivity index (χ0v) is 32.2. The first kappa shape index (κ1) is 34.8. The predicted molar refractivity (Wildman–Crippen MR) is 213 cm³/mol. The second kappa shape index (κ2) is 13.5. The molecule has 3 heterocycles. The van der Waals surface area contributed by atoms with E-state index in [2.05, 4.69) is 157 Å². The number of nitrogens with zero attached hydrogens (tertiary/aromatic N) is 4. The maximum atomic E-state index is 6.82. The van der Waals surface area contributed by atoms with Crippen LogP contribution >= 0.6 is 0 Å². The van der Waals surface area contributed by atoms with Crippen LogP contribution in [0.2, 0.25) is 0 Å². The first-order valence-corrected chi connectivity index (χ1v) is 18.9. The van der Waals surface area contributed by atoms with Gasteiger partial charge in [0.15, 0.2) is 0 Å². The van der Waals surface area contributed by atoms with Gasteiger partial charge in [-0.05, 0) is 110 Å². The molecule has 3 aromatic heterocycles. The normalized spacial score (nSPS) is 16.8. The van der Waals surface area contributed by atoms with Crippen molar-refractivity contribution in [1.29, 1.82) is 0 Å². The summed E-state index contributed by atoms with van der Waals surface area (Å²) in [4.78, 5) is 4.82. The van der Waals surface area contributed by atoms with Crippen molar-refractivity contribution >= 4 is 21.8 Å². The molecule has 0 amide bonds. The number of benzene rings is 3. The molecule has 0 spiro atoms. The van der Waals surface area contributed by atoms with Crippen LogP contribution in [0.4, 0.5) is 0 Å². The highest BCUT2D eigenvalue weighted by Crippen LogP contribution is 2.47. The van der Waals surface area contributed by atoms with Crippen molar-refractivity contribution < 1.29 is 4.74 Å². The third-order valence-electron chi connectivity index (χ3n) is 11.2. The highest BCUT2D eigenvalue weighted by Gasteiger charge is 2.36. The summed E-state index contributed by atoms with van der Waals surface area (Å²) in [6.07, 6.45) is 7.78. The van der Waals surface area contributed by atoms with E-state index in [0.717, 1.165) is 46.2 Å². The Bertz CT molecular complexity index is 2260. The predicted octanol–water partition coefficient (Wildman–Crippen LogP) is 12.4. The van der Waals surface area contributed by atoms with Gasteiger partial charge < -0.3 is 4.74 Å². The Kier molecular flexibility index (Phi) is 9.20. The highest BCUT2D eigenvalue weighted by atomic mass is 16.5. The average Bonchev–Trinajstić information content (AvgIpc) is 3.59. The second-order valence-electron chi connectivity index (χ2n) is 16.3. The van der Waals surface area contributed by atoms with Crippen molar-refractivity contribution in [3.8, 4) is 23.0 Å². The molecule has 0 aliphatic heterocycles. The Morgan fingerprint density at radius 1 is 0.863 bits per heavy atom. The van der Waals surface area contributed by atoms with Crippen molar-refractivity contribution in [1.82, 2.24) is 19.3 Å². The van der Waals surface area contributed by atoms with E-state index in [4.69, 9.17) is 14.8 Å². The zero-order chi connectivity index (χ0) is 36.2. The summed E-state index contributed by atoms with van der Waals surface area (Å²) in [5.41, 5.74) is 10.9. The Hall–Kier alpha value is -4.64. The van der Waals surface area contributed by atoms with Gasteiger partial charge in [-0.2, -0.15) is 5.10 Å². The molecule has 0 saturated carbocycles. The molecule has 0 radical (unpaired) electrons. The number of aryl methyl sites for hydroxylation is 2. The zero-order valence-electron chi connectivity index (χ0n) is 32.2. The number of hydrogen-bond donors (Lipinski definition) is 0. The van der Waals surface area contributed by atoms with Crippen LogP contribution in [0.1, 0.15) is 102 Å². The lowest BCUT2D eigenvalue weighted by molar-refractivity contribution is 0.297. The molecule has 5 heteroatoms. The highest BCUT2D eigenvalue weighted by molar-refractivity contribution is 6.09. The molecule has 2 atom stereocenters. The van der Waals surface area contributed by atoms with Crippen molar-refractivity contribution in [3.05, 3.63) is 119 Å². The molecule has 1 aliphatic carbocycles. The van der Waals surface area contributed by atoms with E-state index in [1.807, 2.05) is 6.20 Å². The minimum absolute atomic E-state index is 0.0843. The number of rotatable bonds is 8. The van der Waals surface area contributed by atoms with Gasteiger partial charge in [0.2, 0.25) is 0 Å². The molecule has 51 heavy (non-hydrogen) atoms. The van der Waals surface area contributed by atoms with Crippen molar-refractivity contribution in [3.63, 3.8) is 0 Å². The fourth-order valence-corrected chi connectivity index (χ4v) is 8.43. The molecule has 6 aromatic rings. The van der Waals surface area contributed by atoms with E-state index >= 15 is 0 Å². The number of aromatic nitrogens is 4.